The second-order valence-corrected chi connectivity index (χ2v) is 8.73. The minimum Gasteiger partial charge on any atom is -0.335 e. The first-order chi connectivity index (χ1) is 11.5. The topological polar surface area (TPSA) is 86.4 Å². The Labute approximate surface area is 140 Å². The van der Waals surface area contributed by atoms with Crippen molar-refractivity contribution < 1.29 is 13.2 Å². The number of benzene rings is 1. The number of hydrogen-bond donors (Lipinski definition) is 1. The molecule has 0 saturated carbocycles. The molecule has 2 saturated heterocycles. The Morgan fingerprint density at radius 2 is 1.92 bits per heavy atom. The quantitative estimate of drug-likeness (QED) is 0.854. The smallest absolute Gasteiger partial charge is 0.275 e. The molecule has 7 nitrogen and oxygen atoms in total. The monoisotopic (exact) mass is 348 g/mol. The zero-order valence-electron chi connectivity index (χ0n) is 13.3. The van der Waals surface area contributed by atoms with E-state index in [4.69, 9.17) is 0 Å². The zero-order valence-corrected chi connectivity index (χ0v) is 14.1. The molecule has 2 aromatic rings. The third-order valence-electron chi connectivity index (χ3n) is 5.00. The van der Waals surface area contributed by atoms with Gasteiger partial charge < -0.3 is 4.90 Å². The highest BCUT2D eigenvalue weighted by molar-refractivity contribution is 7.91. The van der Waals surface area contributed by atoms with Crippen molar-refractivity contribution in [3.05, 3.63) is 30.0 Å². The maximum atomic E-state index is 12.7. The average Bonchev–Trinajstić information content (AvgIpc) is 3.17. The van der Waals surface area contributed by atoms with Gasteiger partial charge in [0.05, 0.1) is 17.0 Å². The Hall–Kier alpha value is -1.93. The van der Waals surface area contributed by atoms with E-state index in [1.54, 1.807) is 0 Å². The lowest BCUT2D eigenvalue weighted by Gasteiger charge is -2.37. The molecule has 3 heterocycles. The number of nitrogens with one attached hydrogen (secondary N) is 1. The van der Waals surface area contributed by atoms with Crippen LogP contribution in [0.25, 0.3) is 10.9 Å². The van der Waals surface area contributed by atoms with Crippen molar-refractivity contribution >= 4 is 26.6 Å². The number of nitrogens with zero attached hydrogens (tertiary/aromatic N) is 3. The van der Waals surface area contributed by atoms with E-state index >= 15 is 0 Å². The van der Waals surface area contributed by atoms with Crippen LogP contribution in [0, 0.1) is 0 Å². The van der Waals surface area contributed by atoms with Gasteiger partial charge in [0, 0.05) is 37.6 Å². The molecule has 4 rings (SSSR count). The van der Waals surface area contributed by atoms with Crippen LogP contribution in [-0.2, 0) is 9.84 Å². The van der Waals surface area contributed by atoms with Gasteiger partial charge in [-0.15, -0.1) is 0 Å². The van der Waals surface area contributed by atoms with E-state index < -0.39 is 9.84 Å². The van der Waals surface area contributed by atoms with Gasteiger partial charge in [-0.3, -0.25) is 14.8 Å². The second kappa shape index (κ2) is 5.86. The molecule has 2 aliphatic heterocycles. The van der Waals surface area contributed by atoms with E-state index in [2.05, 4.69) is 15.1 Å². The summed E-state index contributed by atoms with van der Waals surface area (Å²) < 4.78 is 23.3. The number of amides is 1. The molecule has 1 amide bonds. The van der Waals surface area contributed by atoms with Crippen molar-refractivity contribution in [3.8, 4) is 0 Å². The standard InChI is InChI=1S/C16H20N4O3S/c21-16(15-13-3-1-2-4-14(13)17-18-15)20-8-6-19(7-9-20)12-5-10-24(22,23)11-12/h1-4,12H,5-11H2,(H,17,18)/t12-/m0/s1. The summed E-state index contributed by atoms with van der Waals surface area (Å²) in [7, 11) is -2.87. The van der Waals surface area contributed by atoms with Gasteiger partial charge in [-0.1, -0.05) is 18.2 Å². The number of aromatic nitrogens is 2. The third kappa shape index (κ3) is 2.80. The summed E-state index contributed by atoms with van der Waals surface area (Å²) in [6, 6.07) is 7.71. The zero-order chi connectivity index (χ0) is 16.7. The van der Waals surface area contributed by atoms with Crippen LogP contribution in [0.1, 0.15) is 16.9 Å². The van der Waals surface area contributed by atoms with Crippen LogP contribution in [0.3, 0.4) is 0 Å². The van der Waals surface area contributed by atoms with Crippen molar-refractivity contribution in [2.24, 2.45) is 0 Å². The van der Waals surface area contributed by atoms with Gasteiger partial charge in [-0.25, -0.2) is 8.42 Å². The summed E-state index contributed by atoms with van der Waals surface area (Å²) in [6.07, 6.45) is 0.709. The van der Waals surface area contributed by atoms with Crippen LogP contribution in [0.15, 0.2) is 24.3 Å². The number of rotatable bonds is 2. The van der Waals surface area contributed by atoms with Crippen LogP contribution in [0.4, 0.5) is 0 Å². The lowest BCUT2D eigenvalue weighted by molar-refractivity contribution is 0.0584. The summed E-state index contributed by atoms with van der Waals surface area (Å²) in [5, 5.41) is 7.91. The number of piperazine rings is 1. The van der Waals surface area contributed by atoms with Gasteiger partial charge in [0.15, 0.2) is 15.5 Å². The van der Waals surface area contributed by atoms with Crippen molar-refractivity contribution in [1.82, 2.24) is 20.0 Å². The fraction of sp³-hybridized carbons (Fsp3) is 0.500. The normalized spacial score (nSPS) is 24.5. The fourth-order valence-corrected chi connectivity index (χ4v) is 5.39. The maximum absolute atomic E-state index is 12.7. The van der Waals surface area contributed by atoms with Crippen molar-refractivity contribution in [1.29, 1.82) is 0 Å². The number of H-pyrrole nitrogens is 1. The van der Waals surface area contributed by atoms with Gasteiger partial charge >= 0.3 is 0 Å². The van der Waals surface area contributed by atoms with E-state index in [0.29, 0.717) is 38.3 Å². The fourth-order valence-electron chi connectivity index (χ4n) is 3.63. The molecule has 1 N–H and O–H groups in total. The minimum absolute atomic E-state index is 0.0638. The number of para-hydroxylation sites is 1. The number of fused-ring (bicyclic) bond motifs is 1. The van der Waals surface area contributed by atoms with Gasteiger partial charge in [-0.05, 0) is 12.5 Å². The molecular weight excluding hydrogens is 328 g/mol. The number of sulfone groups is 1. The molecule has 0 spiro atoms. The molecule has 0 aliphatic carbocycles. The molecule has 128 valence electrons. The maximum Gasteiger partial charge on any atom is 0.275 e. The highest BCUT2D eigenvalue weighted by atomic mass is 32.2. The van der Waals surface area contributed by atoms with E-state index in [0.717, 1.165) is 10.9 Å². The van der Waals surface area contributed by atoms with Crippen LogP contribution < -0.4 is 0 Å². The molecular formula is C16H20N4O3S. The highest BCUT2D eigenvalue weighted by Gasteiger charge is 2.34. The summed E-state index contributed by atoms with van der Waals surface area (Å²) >= 11 is 0. The van der Waals surface area contributed by atoms with Gasteiger partial charge in [-0.2, -0.15) is 5.10 Å². The highest BCUT2D eigenvalue weighted by Crippen LogP contribution is 2.21. The third-order valence-corrected chi connectivity index (χ3v) is 6.75. The average molecular weight is 348 g/mol. The first-order valence-corrected chi connectivity index (χ1v) is 10.0. The first kappa shape index (κ1) is 15.6. The number of hydrogen-bond acceptors (Lipinski definition) is 5. The van der Waals surface area contributed by atoms with Gasteiger partial charge in [0.25, 0.3) is 5.91 Å². The Bertz CT molecular complexity index is 868. The van der Waals surface area contributed by atoms with Crippen molar-refractivity contribution in [3.63, 3.8) is 0 Å². The molecule has 2 fully saturated rings. The van der Waals surface area contributed by atoms with E-state index in [1.807, 2.05) is 29.2 Å². The molecule has 1 aromatic carbocycles. The predicted octanol–water partition coefficient (Wildman–Crippen LogP) is 0.508. The van der Waals surface area contributed by atoms with Crippen LogP contribution in [-0.4, -0.2) is 78.0 Å². The van der Waals surface area contributed by atoms with E-state index in [9.17, 15) is 13.2 Å². The number of carbonyl (C=O) groups is 1. The lowest BCUT2D eigenvalue weighted by Crippen LogP contribution is -2.52. The second-order valence-electron chi connectivity index (χ2n) is 6.50. The summed E-state index contributed by atoms with van der Waals surface area (Å²) in [6.45, 7) is 2.65. The van der Waals surface area contributed by atoms with Gasteiger partial charge in [0.1, 0.15) is 0 Å². The molecule has 8 heteroatoms. The predicted molar refractivity (Wildman–Crippen MR) is 90.6 cm³/mol. The number of aromatic amines is 1. The van der Waals surface area contributed by atoms with E-state index in [1.165, 1.54) is 0 Å². The van der Waals surface area contributed by atoms with Gasteiger partial charge in [0.2, 0.25) is 0 Å². The number of carbonyl (C=O) groups excluding carboxylic acids is 1. The van der Waals surface area contributed by atoms with Crippen molar-refractivity contribution in [2.45, 2.75) is 12.5 Å². The molecule has 1 atom stereocenters. The Morgan fingerprint density at radius 1 is 1.17 bits per heavy atom. The largest absolute Gasteiger partial charge is 0.335 e. The SMILES string of the molecule is O=C(c1n[nH]c2ccccc12)N1CCN([C@H]2CCS(=O)(=O)C2)CC1. The summed E-state index contributed by atoms with van der Waals surface area (Å²) in [5.74, 6) is 0.479. The minimum atomic E-state index is -2.87. The Morgan fingerprint density at radius 3 is 2.62 bits per heavy atom. The Balaban J connectivity index is 1.43. The molecule has 0 unspecified atom stereocenters. The van der Waals surface area contributed by atoms with Crippen LogP contribution in [0.2, 0.25) is 0 Å². The molecule has 1 aromatic heterocycles. The van der Waals surface area contributed by atoms with Crippen LogP contribution >= 0.6 is 0 Å². The molecule has 2 aliphatic rings. The van der Waals surface area contributed by atoms with Crippen LogP contribution in [0.5, 0.6) is 0 Å². The van der Waals surface area contributed by atoms with Crippen molar-refractivity contribution in [2.75, 3.05) is 37.7 Å². The molecule has 0 bridgehead atoms. The lowest BCUT2D eigenvalue weighted by atomic mass is 10.1. The summed E-state index contributed by atoms with van der Waals surface area (Å²) in [4.78, 5) is 16.7. The molecule has 24 heavy (non-hydrogen) atoms. The first-order valence-electron chi connectivity index (χ1n) is 8.20. The van der Waals surface area contributed by atoms with E-state index in [-0.39, 0.29) is 23.5 Å². The Kier molecular flexibility index (Phi) is 3.80. The summed E-state index contributed by atoms with van der Waals surface area (Å²) in [5.41, 5.74) is 1.32. The molecule has 0 radical (unpaired) electrons.